The Morgan fingerprint density at radius 2 is 0.539 bits per heavy atom. The van der Waals surface area contributed by atoms with Crippen LogP contribution in [-0.4, -0.2) is 9.97 Å². The van der Waals surface area contributed by atoms with Crippen LogP contribution in [0.3, 0.4) is 0 Å². The molecule has 0 atom stereocenters. The number of ether oxygens (including phenoxy) is 4. The van der Waals surface area contributed by atoms with E-state index >= 15 is 0 Å². The van der Waals surface area contributed by atoms with Crippen LogP contribution in [0.15, 0.2) is 197 Å². The minimum Gasteiger partial charge on any atom is -0.487 e. The van der Waals surface area contributed by atoms with Crippen LogP contribution in [0.2, 0.25) is 0 Å². The summed E-state index contributed by atoms with van der Waals surface area (Å²) < 4.78 is 28.8. The van der Waals surface area contributed by atoms with Crippen molar-refractivity contribution >= 4 is 47.0 Å². The zero-order valence-electron chi connectivity index (χ0n) is 46.0. The van der Waals surface area contributed by atoms with Gasteiger partial charge in [-0.3, -0.25) is 9.97 Å². The van der Waals surface area contributed by atoms with Gasteiger partial charge in [-0.1, -0.05) is 203 Å². The Morgan fingerprint density at radius 3 is 0.763 bits per heavy atom. The summed E-state index contributed by atoms with van der Waals surface area (Å²) in [6.45, 7) is 28.7. The molecule has 0 saturated carbocycles. The van der Waals surface area contributed by atoms with E-state index in [0.29, 0.717) is 13.2 Å². The molecule has 0 fully saturated rings. The second-order valence-corrected chi connectivity index (χ2v) is 27.7. The van der Waals surface area contributed by atoms with Crippen molar-refractivity contribution in [2.24, 2.45) is 0 Å². The van der Waals surface area contributed by atoms with Gasteiger partial charge in [0.05, 0.1) is 50.6 Å². The quantitative estimate of drug-likeness (QED) is 0.118. The average Bonchev–Trinajstić information content (AvgIpc) is 3.41. The fourth-order valence-corrected chi connectivity index (χ4v) is 13.2. The number of fused-ring (bicyclic) bond motifs is 8. The zero-order valence-corrected chi connectivity index (χ0v) is 49.3. The van der Waals surface area contributed by atoms with Crippen LogP contribution in [0.1, 0.15) is 128 Å². The predicted molar refractivity (Wildman–Crippen MR) is 316 cm³/mol. The summed E-state index contributed by atoms with van der Waals surface area (Å²) in [5, 5.41) is 0. The molecular formula is C66H70N2O4S4. The van der Waals surface area contributed by atoms with E-state index in [-0.39, 0.29) is 34.9 Å². The first-order valence-electron chi connectivity index (χ1n) is 26.0. The van der Waals surface area contributed by atoms with Crippen LogP contribution >= 0.6 is 47.0 Å². The van der Waals surface area contributed by atoms with Gasteiger partial charge >= 0.3 is 0 Å². The molecule has 0 radical (unpaired) electrons. The van der Waals surface area contributed by atoms with Crippen molar-refractivity contribution in [1.29, 1.82) is 0 Å². The maximum absolute atomic E-state index is 7.23. The predicted octanol–water partition coefficient (Wildman–Crippen LogP) is 18.9. The van der Waals surface area contributed by atoms with Gasteiger partial charge in [-0.05, 0) is 128 Å². The molecule has 0 saturated heterocycles. The molecule has 9 rings (SSSR count). The SMILES string of the molecule is CC(C)(C)c1cc2c(OCc3ccccc3)c(c1)Sc1cc(C(C)(C)C)cc(c1OCc1ccccn1)Sc1cc(C(C)(C)C)cc(c1OCc1ccccc1)Sc1cc(C(C)(C)C)cc(c1OCc1ccccn1)S2. The van der Waals surface area contributed by atoms with Crippen LogP contribution < -0.4 is 18.9 Å². The number of nitrogens with zero attached hydrogens (tertiary/aromatic N) is 2. The van der Waals surface area contributed by atoms with E-state index in [1.807, 2.05) is 60.9 Å². The molecule has 3 heterocycles. The first kappa shape index (κ1) is 55.0. The number of benzene rings is 6. The molecule has 0 aliphatic carbocycles. The lowest BCUT2D eigenvalue weighted by molar-refractivity contribution is 0.284. The molecule has 0 amide bonds. The third kappa shape index (κ3) is 13.7. The normalized spacial score (nSPS) is 13.0. The smallest absolute Gasteiger partial charge is 0.147 e. The van der Waals surface area contributed by atoms with Gasteiger partial charge in [0.25, 0.3) is 0 Å². The summed E-state index contributed by atoms with van der Waals surface area (Å²) >= 11 is 6.81. The van der Waals surface area contributed by atoms with Crippen molar-refractivity contribution in [3.63, 3.8) is 0 Å². The maximum Gasteiger partial charge on any atom is 0.147 e. The van der Waals surface area contributed by atoms with E-state index in [1.165, 1.54) is 22.3 Å². The lowest BCUT2D eigenvalue weighted by Crippen LogP contribution is -2.14. The Kier molecular flexibility index (Phi) is 16.7. The molecule has 0 unspecified atom stereocenters. The fourth-order valence-electron chi connectivity index (χ4n) is 8.41. The molecule has 1 aliphatic heterocycles. The highest BCUT2D eigenvalue weighted by Crippen LogP contribution is 2.57. The van der Waals surface area contributed by atoms with E-state index in [9.17, 15) is 0 Å². The molecule has 6 aromatic carbocycles. The van der Waals surface area contributed by atoms with Gasteiger partial charge in [0.1, 0.15) is 49.4 Å². The first-order valence-corrected chi connectivity index (χ1v) is 29.3. The van der Waals surface area contributed by atoms with Crippen LogP contribution in [0.5, 0.6) is 23.0 Å². The van der Waals surface area contributed by atoms with Crippen molar-refractivity contribution in [3.8, 4) is 23.0 Å². The fraction of sp³-hybridized carbons (Fsp3) is 0.303. The highest BCUT2D eigenvalue weighted by Gasteiger charge is 2.31. The Labute approximate surface area is 469 Å². The van der Waals surface area contributed by atoms with Crippen LogP contribution in [-0.2, 0) is 48.1 Å². The Bertz CT molecular complexity index is 2750. The second kappa shape index (κ2) is 23.1. The Morgan fingerprint density at radius 1 is 0.303 bits per heavy atom. The molecule has 2 aromatic heterocycles. The Hall–Kier alpha value is -5.78. The van der Waals surface area contributed by atoms with Gasteiger partial charge in [-0.2, -0.15) is 0 Å². The van der Waals surface area contributed by atoms with Crippen molar-refractivity contribution in [2.45, 2.75) is 170 Å². The largest absolute Gasteiger partial charge is 0.487 e. The molecule has 6 nitrogen and oxygen atoms in total. The summed E-state index contributed by atoms with van der Waals surface area (Å²) in [6.07, 6.45) is 3.65. The van der Waals surface area contributed by atoms with E-state index in [1.54, 1.807) is 47.0 Å². The number of hydrogen-bond donors (Lipinski definition) is 0. The third-order valence-corrected chi connectivity index (χ3v) is 17.2. The van der Waals surface area contributed by atoms with Crippen molar-refractivity contribution in [1.82, 2.24) is 9.97 Å². The Balaban J connectivity index is 1.38. The summed E-state index contributed by atoms with van der Waals surface area (Å²) in [6, 6.07) is 51.4. The van der Waals surface area contributed by atoms with Crippen LogP contribution in [0, 0.1) is 0 Å². The molecular weight excluding hydrogens is 1010 g/mol. The maximum atomic E-state index is 7.23. The minimum absolute atomic E-state index is 0.216. The summed E-state index contributed by atoms with van der Waals surface area (Å²) in [5.74, 6) is 3.15. The lowest BCUT2D eigenvalue weighted by Gasteiger charge is -2.28. The zero-order chi connectivity index (χ0) is 53.8. The lowest BCUT2D eigenvalue weighted by atomic mass is 9.87. The monoisotopic (exact) mass is 1080 g/mol. The number of hydrogen-bond acceptors (Lipinski definition) is 10. The van der Waals surface area contributed by atoms with Crippen LogP contribution in [0.25, 0.3) is 0 Å². The molecule has 10 heteroatoms. The van der Waals surface area contributed by atoms with Gasteiger partial charge in [0.2, 0.25) is 0 Å². The molecule has 8 aromatic rings. The van der Waals surface area contributed by atoms with Gasteiger partial charge in [0.15, 0.2) is 0 Å². The number of pyridine rings is 2. The topological polar surface area (TPSA) is 62.7 Å². The minimum atomic E-state index is -0.216. The molecule has 8 bridgehead atoms. The standard InChI is InChI=1S/C66H70N2O4S4/c1-63(2,3)45-31-51-59(69-39-43-23-15-13-16-24-43)52(32-45)74-56-36-48(66(10,11)12)38-58(62(56)72-42-50-28-20-22-30-68-50)76-54-34-46(64(4,5)6)33-53(60(54)70-40-44-25-17-14-18-26-44)75-57-37-47(65(7,8)9)35-55(73-51)61(57)71-41-49-27-19-21-29-67-49/h13-38H,39-42H2,1-12H3. The van der Waals surface area contributed by atoms with Gasteiger partial charge in [-0.15, -0.1) is 0 Å². The van der Waals surface area contributed by atoms with Crippen LogP contribution in [0.4, 0.5) is 0 Å². The van der Waals surface area contributed by atoms with Crippen molar-refractivity contribution < 1.29 is 18.9 Å². The average molecular weight is 1080 g/mol. The summed E-state index contributed by atoms with van der Waals surface area (Å²) in [5.41, 5.74) is 7.72. The first-order chi connectivity index (χ1) is 36.2. The van der Waals surface area contributed by atoms with Gasteiger partial charge < -0.3 is 18.9 Å². The van der Waals surface area contributed by atoms with E-state index in [2.05, 4.69) is 180 Å². The summed E-state index contributed by atoms with van der Waals surface area (Å²) in [7, 11) is 0. The van der Waals surface area contributed by atoms with Crippen molar-refractivity contribution in [3.05, 3.63) is 203 Å². The highest BCUT2D eigenvalue weighted by atomic mass is 32.2. The summed E-state index contributed by atoms with van der Waals surface area (Å²) in [4.78, 5) is 17.3. The molecule has 0 N–H and O–H groups in total. The van der Waals surface area contributed by atoms with Gasteiger partial charge in [-0.25, -0.2) is 0 Å². The third-order valence-electron chi connectivity index (χ3n) is 13.1. The van der Waals surface area contributed by atoms with E-state index in [4.69, 9.17) is 28.9 Å². The molecule has 1 aliphatic rings. The number of aromatic nitrogens is 2. The molecule has 0 spiro atoms. The van der Waals surface area contributed by atoms with E-state index < -0.39 is 0 Å². The molecule has 76 heavy (non-hydrogen) atoms. The van der Waals surface area contributed by atoms with Crippen molar-refractivity contribution in [2.75, 3.05) is 0 Å². The van der Waals surface area contributed by atoms with Gasteiger partial charge in [0, 0.05) is 12.4 Å². The highest BCUT2D eigenvalue weighted by molar-refractivity contribution is 8.01. The van der Waals surface area contributed by atoms with E-state index in [0.717, 1.165) is 84.7 Å². The second-order valence-electron chi connectivity index (χ2n) is 23.4. The number of rotatable bonds is 12. The molecule has 392 valence electrons.